The van der Waals surface area contributed by atoms with Gasteiger partial charge in [0.15, 0.2) is 5.78 Å². The second-order valence-corrected chi connectivity index (χ2v) is 5.65. The average molecular weight is 340 g/mol. The fourth-order valence-electron chi connectivity index (χ4n) is 2.51. The maximum Gasteiger partial charge on any atom is 0.274 e. The minimum Gasteiger partial charge on any atom is -0.326 e. The van der Waals surface area contributed by atoms with Gasteiger partial charge in [0, 0.05) is 35.7 Å². The molecule has 0 atom stereocenters. The molecular weight excluding hydrogens is 320 g/mol. The summed E-state index contributed by atoms with van der Waals surface area (Å²) in [6.07, 6.45) is 1.44. The minimum absolute atomic E-state index is 0.000412. The zero-order chi connectivity index (χ0) is 18.2. The van der Waals surface area contributed by atoms with E-state index in [1.165, 1.54) is 6.07 Å². The van der Waals surface area contributed by atoms with Gasteiger partial charge in [0.2, 0.25) is 5.91 Å². The van der Waals surface area contributed by atoms with Gasteiger partial charge >= 0.3 is 0 Å². The fraction of sp³-hybridized carbons (Fsp3) is 0.263. The molecule has 0 aromatic heterocycles. The lowest BCUT2D eigenvalue weighted by molar-refractivity contribution is -0.385. The summed E-state index contributed by atoms with van der Waals surface area (Å²) in [5.74, 6) is -0.268. The van der Waals surface area contributed by atoms with Crippen LogP contribution in [0.15, 0.2) is 48.5 Å². The van der Waals surface area contributed by atoms with Crippen LogP contribution in [0, 0.1) is 10.1 Å². The predicted molar refractivity (Wildman–Crippen MR) is 95.7 cm³/mol. The molecule has 0 fully saturated rings. The molecule has 2 aromatic carbocycles. The number of carbonyl (C=O) groups is 2. The highest BCUT2D eigenvalue weighted by Crippen LogP contribution is 2.23. The van der Waals surface area contributed by atoms with Gasteiger partial charge in [-0.15, -0.1) is 0 Å². The number of hydrogen-bond acceptors (Lipinski definition) is 4. The Labute approximate surface area is 146 Å². The summed E-state index contributed by atoms with van der Waals surface area (Å²) in [6, 6.07) is 13.6. The molecular formula is C19H20N2O4. The number of aryl methyl sites for hydroxylation is 1. The van der Waals surface area contributed by atoms with Crippen LogP contribution in [0.3, 0.4) is 0 Å². The summed E-state index contributed by atoms with van der Waals surface area (Å²) in [4.78, 5) is 34.5. The number of hydrogen-bond donors (Lipinski definition) is 1. The number of nitro benzene ring substituents is 1. The number of amides is 1. The monoisotopic (exact) mass is 340 g/mol. The van der Waals surface area contributed by atoms with Crippen LogP contribution >= 0.6 is 0 Å². The summed E-state index contributed by atoms with van der Waals surface area (Å²) < 4.78 is 0. The van der Waals surface area contributed by atoms with E-state index in [0.717, 1.165) is 0 Å². The standard InChI is InChI=1S/C19H20N2O4/c1-2-14-11-12-16(13-17(14)21(24)25)20-19(23)10-6-9-18(22)15-7-4-3-5-8-15/h3-5,7-8,11-13H,2,6,9-10H2,1H3,(H,20,23). The van der Waals surface area contributed by atoms with Gasteiger partial charge < -0.3 is 5.32 Å². The van der Waals surface area contributed by atoms with Gasteiger partial charge in [0.05, 0.1) is 4.92 Å². The molecule has 0 saturated carbocycles. The van der Waals surface area contributed by atoms with Crippen molar-refractivity contribution in [1.29, 1.82) is 0 Å². The fourth-order valence-corrected chi connectivity index (χ4v) is 2.51. The highest BCUT2D eigenvalue weighted by molar-refractivity contribution is 5.96. The number of ketones is 1. The number of benzene rings is 2. The van der Waals surface area contributed by atoms with Gasteiger partial charge in [0.25, 0.3) is 5.69 Å². The van der Waals surface area contributed by atoms with E-state index in [1.54, 1.807) is 36.4 Å². The molecule has 6 heteroatoms. The van der Waals surface area contributed by atoms with Crippen LogP contribution in [-0.2, 0) is 11.2 Å². The Morgan fingerprint density at radius 2 is 1.80 bits per heavy atom. The highest BCUT2D eigenvalue weighted by Gasteiger charge is 2.14. The van der Waals surface area contributed by atoms with Crippen LogP contribution in [0.2, 0.25) is 0 Å². The van der Waals surface area contributed by atoms with Gasteiger partial charge in [-0.3, -0.25) is 19.7 Å². The van der Waals surface area contributed by atoms with Gasteiger partial charge in [0.1, 0.15) is 0 Å². The molecule has 0 saturated heterocycles. The molecule has 0 aliphatic carbocycles. The van der Waals surface area contributed by atoms with Gasteiger partial charge in [-0.1, -0.05) is 43.3 Å². The Hall–Kier alpha value is -3.02. The number of Topliss-reactive ketones (excluding diaryl/α,β-unsaturated/α-hetero) is 1. The van der Waals surface area contributed by atoms with Crippen molar-refractivity contribution in [3.05, 3.63) is 69.8 Å². The molecule has 0 spiro atoms. The van der Waals surface area contributed by atoms with E-state index in [4.69, 9.17) is 0 Å². The van der Waals surface area contributed by atoms with E-state index in [2.05, 4.69) is 5.32 Å². The largest absolute Gasteiger partial charge is 0.326 e. The predicted octanol–water partition coefficient (Wildman–Crippen LogP) is 4.15. The first-order chi connectivity index (χ1) is 12.0. The van der Waals surface area contributed by atoms with Crippen molar-refractivity contribution in [3.63, 3.8) is 0 Å². The topological polar surface area (TPSA) is 89.3 Å². The summed E-state index contributed by atoms with van der Waals surface area (Å²) in [6.45, 7) is 1.84. The Morgan fingerprint density at radius 1 is 1.08 bits per heavy atom. The number of carbonyl (C=O) groups excluding carboxylic acids is 2. The smallest absolute Gasteiger partial charge is 0.274 e. The molecule has 6 nitrogen and oxygen atoms in total. The average Bonchev–Trinajstić information content (AvgIpc) is 2.62. The molecule has 1 amide bonds. The van der Waals surface area contributed by atoms with Crippen molar-refractivity contribution in [1.82, 2.24) is 0 Å². The van der Waals surface area contributed by atoms with E-state index in [-0.39, 0.29) is 30.2 Å². The van der Waals surface area contributed by atoms with Gasteiger partial charge in [-0.2, -0.15) is 0 Å². The molecule has 2 rings (SSSR count). The van der Waals surface area contributed by atoms with Gasteiger partial charge in [-0.05, 0) is 18.9 Å². The third kappa shape index (κ3) is 5.24. The lowest BCUT2D eigenvalue weighted by Gasteiger charge is -2.07. The van der Waals surface area contributed by atoms with E-state index in [0.29, 0.717) is 29.7 Å². The van der Waals surface area contributed by atoms with Crippen LogP contribution in [0.25, 0.3) is 0 Å². The van der Waals surface area contributed by atoms with Crippen molar-refractivity contribution in [2.45, 2.75) is 32.6 Å². The first-order valence-corrected chi connectivity index (χ1v) is 8.16. The molecule has 0 aliphatic heterocycles. The zero-order valence-corrected chi connectivity index (χ0v) is 14.0. The normalized spacial score (nSPS) is 10.3. The Balaban J connectivity index is 1.87. The molecule has 0 radical (unpaired) electrons. The Bertz CT molecular complexity index is 772. The van der Waals surface area contributed by atoms with Crippen LogP contribution in [0.5, 0.6) is 0 Å². The van der Waals surface area contributed by atoms with Crippen LogP contribution in [0.1, 0.15) is 42.1 Å². The first-order valence-electron chi connectivity index (χ1n) is 8.16. The van der Waals surface area contributed by atoms with Crippen molar-refractivity contribution in [3.8, 4) is 0 Å². The van der Waals surface area contributed by atoms with Crippen LogP contribution < -0.4 is 5.32 Å². The Kier molecular flexibility index (Phi) is 6.39. The molecule has 0 unspecified atom stereocenters. The Morgan fingerprint density at radius 3 is 2.44 bits per heavy atom. The second kappa shape index (κ2) is 8.73. The van der Waals surface area contributed by atoms with Crippen molar-refractivity contribution < 1.29 is 14.5 Å². The summed E-state index contributed by atoms with van der Waals surface area (Å²) in [7, 11) is 0. The number of nitrogens with zero attached hydrogens (tertiary/aromatic N) is 1. The van der Waals surface area contributed by atoms with E-state index < -0.39 is 4.92 Å². The van der Waals surface area contributed by atoms with Crippen molar-refractivity contribution >= 4 is 23.1 Å². The molecule has 1 N–H and O–H groups in total. The van der Waals surface area contributed by atoms with E-state index in [9.17, 15) is 19.7 Å². The SMILES string of the molecule is CCc1ccc(NC(=O)CCCC(=O)c2ccccc2)cc1[N+](=O)[O-]. The number of nitrogens with one attached hydrogen (secondary N) is 1. The molecule has 0 heterocycles. The number of rotatable bonds is 8. The summed E-state index contributed by atoms with van der Waals surface area (Å²) in [5, 5.41) is 13.7. The first kappa shape index (κ1) is 18.3. The lowest BCUT2D eigenvalue weighted by atomic mass is 10.1. The maximum absolute atomic E-state index is 12.0. The molecule has 0 bridgehead atoms. The molecule has 130 valence electrons. The highest BCUT2D eigenvalue weighted by atomic mass is 16.6. The number of anilines is 1. The van der Waals surface area contributed by atoms with E-state index in [1.807, 2.05) is 13.0 Å². The third-order valence-corrected chi connectivity index (χ3v) is 3.85. The molecule has 2 aromatic rings. The summed E-state index contributed by atoms with van der Waals surface area (Å²) >= 11 is 0. The zero-order valence-electron chi connectivity index (χ0n) is 14.0. The number of nitro groups is 1. The van der Waals surface area contributed by atoms with E-state index >= 15 is 0 Å². The third-order valence-electron chi connectivity index (χ3n) is 3.85. The maximum atomic E-state index is 12.0. The van der Waals surface area contributed by atoms with Gasteiger partial charge in [-0.25, -0.2) is 0 Å². The van der Waals surface area contributed by atoms with Crippen molar-refractivity contribution in [2.75, 3.05) is 5.32 Å². The van der Waals surface area contributed by atoms with Crippen molar-refractivity contribution in [2.24, 2.45) is 0 Å². The quantitative estimate of drug-likeness (QED) is 0.444. The molecule has 0 aliphatic rings. The van der Waals surface area contributed by atoms with Crippen LogP contribution in [-0.4, -0.2) is 16.6 Å². The summed E-state index contributed by atoms with van der Waals surface area (Å²) in [5.41, 5.74) is 1.65. The molecule has 25 heavy (non-hydrogen) atoms. The van der Waals surface area contributed by atoms with Crippen LogP contribution in [0.4, 0.5) is 11.4 Å². The minimum atomic E-state index is -0.451. The second-order valence-electron chi connectivity index (χ2n) is 5.65. The lowest BCUT2D eigenvalue weighted by Crippen LogP contribution is -2.12.